The molecule has 2 N–H and O–H groups in total. The second kappa shape index (κ2) is 7.13. The Morgan fingerprint density at radius 1 is 0.875 bits per heavy atom. The van der Waals surface area contributed by atoms with Gasteiger partial charge in [0.15, 0.2) is 0 Å². The lowest BCUT2D eigenvalue weighted by molar-refractivity contribution is 1.09. The van der Waals surface area contributed by atoms with E-state index in [1.807, 2.05) is 43.3 Å². The molecule has 0 bridgehead atoms. The van der Waals surface area contributed by atoms with E-state index in [-0.39, 0.29) is 0 Å². The maximum Gasteiger partial charge on any atom is 0.229 e. The van der Waals surface area contributed by atoms with Crippen molar-refractivity contribution in [2.24, 2.45) is 0 Å². The molecular weight excluding hydrogens is 296 g/mol. The normalized spacial score (nSPS) is 10.5. The zero-order valence-corrected chi connectivity index (χ0v) is 14.3. The second-order valence-electron chi connectivity index (χ2n) is 5.80. The van der Waals surface area contributed by atoms with Crippen molar-refractivity contribution in [1.29, 1.82) is 0 Å². The highest BCUT2D eigenvalue weighted by Gasteiger charge is 2.08. The van der Waals surface area contributed by atoms with E-state index in [2.05, 4.69) is 52.6 Å². The summed E-state index contributed by atoms with van der Waals surface area (Å²) in [6, 6.07) is 18.3. The summed E-state index contributed by atoms with van der Waals surface area (Å²) in [5.41, 5.74) is 5.51. The van der Waals surface area contributed by atoms with E-state index >= 15 is 0 Å². The summed E-state index contributed by atoms with van der Waals surface area (Å²) < 4.78 is 0. The highest BCUT2D eigenvalue weighted by atomic mass is 15.1. The molecule has 0 amide bonds. The van der Waals surface area contributed by atoms with Crippen LogP contribution in [-0.2, 0) is 6.42 Å². The summed E-state index contributed by atoms with van der Waals surface area (Å²) in [6.45, 7) is 6.24. The third-order valence-corrected chi connectivity index (χ3v) is 3.88. The molecule has 4 heteroatoms. The molecule has 3 aromatic rings. The molecule has 2 aromatic carbocycles. The molecule has 0 fully saturated rings. The van der Waals surface area contributed by atoms with Gasteiger partial charge in [-0.25, -0.2) is 4.98 Å². The van der Waals surface area contributed by atoms with Crippen molar-refractivity contribution in [3.05, 3.63) is 71.4 Å². The Morgan fingerprint density at radius 3 is 2.42 bits per heavy atom. The van der Waals surface area contributed by atoms with Crippen molar-refractivity contribution >= 4 is 23.1 Å². The van der Waals surface area contributed by atoms with Crippen molar-refractivity contribution in [3.8, 4) is 0 Å². The quantitative estimate of drug-likeness (QED) is 0.683. The Labute approximate surface area is 143 Å². The van der Waals surface area contributed by atoms with Gasteiger partial charge in [-0.1, -0.05) is 43.3 Å². The van der Waals surface area contributed by atoms with Crippen LogP contribution in [0.15, 0.2) is 54.6 Å². The largest absolute Gasteiger partial charge is 0.340 e. The van der Waals surface area contributed by atoms with Crippen LogP contribution in [0, 0.1) is 13.8 Å². The van der Waals surface area contributed by atoms with Crippen molar-refractivity contribution in [2.45, 2.75) is 27.2 Å². The van der Waals surface area contributed by atoms with Crippen LogP contribution in [0.25, 0.3) is 0 Å². The summed E-state index contributed by atoms with van der Waals surface area (Å²) in [5, 5.41) is 6.72. The van der Waals surface area contributed by atoms with E-state index in [0.29, 0.717) is 5.95 Å². The Hall–Kier alpha value is -2.88. The Morgan fingerprint density at radius 2 is 1.67 bits per heavy atom. The highest BCUT2D eigenvalue weighted by molar-refractivity contribution is 5.66. The van der Waals surface area contributed by atoms with Gasteiger partial charge in [0, 0.05) is 23.1 Å². The lowest BCUT2D eigenvalue weighted by Crippen LogP contribution is -2.04. The smallest absolute Gasteiger partial charge is 0.229 e. The summed E-state index contributed by atoms with van der Waals surface area (Å²) in [6.07, 6.45) is 0.975. The van der Waals surface area contributed by atoms with Gasteiger partial charge in [0.05, 0.1) is 0 Å². The van der Waals surface area contributed by atoms with E-state index in [1.54, 1.807) is 0 Å². The molecule has 4 nitrogen and oxygen atoms in total. The highest BCUT2D eigenvalue weighted by Crippen LogP contribution is 2.25. The topological polar surface area (TPSA) is 49.8 Å². The van der Waals surface area contributed by atoms with Gasteiger partial charge in [0.2, 0.25) is 5.95 Å². The predicted molar refractivity (Wildman–Crippen MR) is 100 cm³/mol. The number of nitrogens with zero attached hydrogens (tertiary/aromatic N) is 2. The van der Waals surface area contributed by atoms with Crippen LogP contribution in [0.4, 0.5) is 23.1 Å². The molecule has 0 saturated carbocycles. The molecule has 24 heavy (non-hydrogen) atoms. The van der Waals surface area contributed by atoms with Crippen LogP contribution in [0.2, 0.25) is 0 Å². The van der Waals surface area contributed by atoms with Gasteiger partial charge < -0.3 is 10.6 Å². The van der Waals surface area contributed by atoms with Crippen LogP contribution in [0.3, 0.4) is 0 Å². The van der Waals surface area contributed by atoms with Gasteiger partial charge in [-0.15, -0.1) is 0 Å². The summed E-state index contributed by atoms with van der Waals surface area (Å²) in [7, 11) is 0. The van der Waals surface area contributed by atoms with Crippen molar-refractivity contribution in [3.63, 3.8) is 0 Å². The molecule has 0 aliphatic rings. The Balaban J connectivity index is 1.90. The van der Waals surface area contributed by atoms with Crippen molar-refractivity contribution in [1.82, 2.24) is 9.97 Å². The molecule has 1 aromatic heterocycles. The lowest BCUT2D eigenvalue weighted by atomic mass is 10.1. The third-order valence-electron chi connectivity index (χ3n) is 3.88. The molecular formula is C20H22N4. The first-order valence-electron chi connectivity index (χ1n) is 8.19. The molecule has 0 atom stereocenters. The number of anilines is 4. The summed E-state index contributed by atoms with van der Waals surface area (Å²) in [4.78, 5) is 9.08. The molecule has 0 spiro atoms. The minimum absolute atomic E-state index is 0.593. The van der Waals surface area contributed by atoms with Crippen LogP contribution >= 0.6 is 0 Å². The zero-order chi connectivity index (χ0) is 16.9. The van der Waals surface area contributed by atoms with E-state index < -0.39 is 0 Å². The van der Waals surface area contributed by atoms with Gasteiger partial charge in [-0.3, -0.25) is 0 Å². The molecule has 122 valence electrons. The average Bonchev–Trinajstić information content (AvgIpc) is 2.57. The number of aryl methyl sites for hydroxylation is 3. The molecule has 0 aliphatic heterocycles. The van der Waals surface area contributed by atoms with Crippen molar-refractivity contribution < 1.29 is 0 Å². The molecule has 3 rings (SSSR count). The fourth-order valence-electron chi connectivity index (χ4n) is 2.67. The van der Waals surface area contributed by atoms with Gasteiger partial charge in [-0.05, 0) is 43.5 Å². The molecule has 1 heterocycles. The van der Waals surface area contributed by atoms with Crippen LogP contribution < -0.4 is 10.6 Å². The number of hydrogen-bond donors (Lipinski definition) is 2. The number of rotatable bonds is 5. The predicted octanol–water partition coefficient (Wildman–Crippen LogP) is 5.14. The molecule has 0 radical (unpaired) electrons. The summed E-state index contributed by atoms with van der Waals surface area (Å²) in [5.74, 6) is 1.39. The minimum Gasteiger partial charge on any atom is -0.340 e. The van der Waals surface area contributed by atoms with E-state index in [0.717, 1.165) is 29.3 Å². The summed E-state index contributed by atoms with van der Waals surface area (Å²) >= 11 is 0. The first kappa shape index (κ1) is 16.0. The third kappa shape index (κ3) is 3.71. The van der Waals surface area contributed by atoms with E-state index in [9.17, 15) is 0 Å². The number of nitrogens with one attached hydrogen (secondary N) is 2. The van der Waals surface area contributed by atoms with Crippen LogP contribution in [-0.4, -0.2) is 9.97 Å². The van der Waals surface area contributed by atoms with Gasteiger partial charge in [0.1, 0.15) is 5.82 Å². The molecule has 0 aliphatic carbocycles. The Bertz CT molecular complexity index is 828. The monoisotopic (exact) mass is 318 g/mol. The first-order chi connectivity index (χ1) is 11.7. The zero-order valence-electron chi connectivity index (χ0n) is 14.3. The second-order valence-corrected chi connectivity index (χ2v) is 5.80. The van der Waals surface area contributed by atoms with Crippen molar-refractivity contribution in [2.75, 3.05) is 10.6 Å². The standard InChI is InChI=1S/C20H22N4/c1-4-16-10-8-9-14(2)19(16)23-18-13-15(3)21-20(24-18)22-17-11-6-5-7-12-17/h5-13H,4H2,1-3H3,(H2,21,22,23,24). The molecule has 0 saturated heterocycles. The lowest BCUT2D eigenvalue weighted by Gasteiger charge is -2.15. The number of hydrogen-bond acceptors (Lipinski definition) is 4. The average molecular weight is 318 g/mol. The van der Waals surface area contributed by atoms with Crippen LogP contribution in [0.5, 0.6) is 0 Å². The van der Waals surface area contributed by atoms with Gasteiger partial charge in [0.25, 0.3) is 0 Å². The number of para-hydroxylation sites is 2. The number of aromatic nitrogens is 2. The molecule has 0 unspecified atom stereocenters. The van der Waals surface area contributed by atoms with Gasteiger partial charge >= 0.3 is 0 Å². The van der Waals surface area contributed by atoms with E-state index in [1.165, 1.54) is 11.1 Å². The maximum absolute atomic E-state index is 4.61. The minimum atomic E-state index is 0.593. The fraction of sp³-hybridized carbons (Fsp3) is 0.200. The first-order valence-corrected chi connectivity index (χ1v) is 8.19. The Kier molecular flexibility index (Phi) is 4.75. The maximum atomic E-state index is 4.61. The van der Waals surface area contributed by atoms with Crippen LogP contribution in [0.1, 0.15) is 23.7 Å². The van der Waals surface area contributed by atoms with E-state index in [4.69, 9.17) is 0 Å². The fourth-order valence-corrected chi connectivity index (χ4v) is 2.67. The SMILES string of the molecule is CCc1cccc(C)c1Nc1cc(C)nc(Nc2ccccc2)n1. The van der Waals surface area contributed by atoms with Gasteiger partial charge in [-0.2, -0.15) is 4.98 Å². The number of benzene rings is 2.